The van der Waals surface area contributed by atoms with Crippen molar-refractivity contribution in [3.8, 4) is 0 Å². The SMILES string of the molecule is COC(=O)[C@@H](Cc1c2ccccc2cc2ccccc12)NC(=O)c1cc(C(F)(F)F)cc(C(F)(F)F)c1. The average Bonchev–Trinajstić information content (AvgIpc) is 2.86. The zero-order valence-corrected chi connectivity index (χ0v) is 19.2. The first kappa shape index (κ1) is 26.0. The van der Waals surface area contributed by atoms with Gasteiger partial charge in [-0.25, -0.2) is 4.79 Å². The first-order valence-electron chi connectivity index (χ1n) is 11.0. The van der Waals surface area contributed by atoms with Gasteiger partial charge in [-0.05, 0) is 51.4 Å². The number of methoxy groups -OCH3 is 1. The van der Waals surface area contributed by atoms with E-state index in [1.54, 1.807) is 12.1 Å². The highest BCUT2D eigenvalue weighted by Gasteiger charge is 2.38. The molecule has 0 unspecified atom stereocenters. The Morgan fingerprint density at radius 2 is 1.27 bits per heavy atom. The van der Waals surface area contributed by atoms with Gasteiger partial charge in [-0.3, -0.25) is 4.79 Å². The van der Waals surface area contributed by atoms with Crippen molar-refractivity contribution < 1.29 is 40.7 Å². The molecule has 0 aliphatic carbocycles. The molecule has 37 heavy (non-hydrogen) atoms. The van der Waals surface area contributed by atoms with Crippen LogP contribution in [0.1, 0.15) is 27.0 Å². The van der Waals surface area contributed by atoms with E-state index >= 15 is 0 Å². The van der Waals surface area contributed by atoms with Gasteiger partial charge < -0.3 is 10.1 Å². The van der Waals surface area contributed by atoms with E-state index in [0.29, 0.717) is 17.7 Å². The lowest BCUT2D eigenvalue weighted by molar-refractivity contribution is -0.144. The van der Waals surface area contributed by atoms with Gasteiger partial charge in [-0.1, -0.05) is 48.5 Å². The molecule has 0 bridgehead atoms. The normalized spacial score (nSPS) is 12.9. The number of benzene rings is 4. The predicted octanol–water partition coefficient (Wildman–Crippen LogP) is 6.54. The fourth-order valence-corrected chi connectivity index (χ4v) is 4.20. The number of carbonyl (C=O) groups excluding carboxylic acids is 2. The Balaban J connectivity index is 1.76. The third-order valence-corrected chi connectivity index (χ3v) is 5.93. The lowest BCUT2D eigenvalue weighted by Gasteiger charge is -2.20. The van der Waals surface area contributed by atoms with Gasteiger partial charge in [0.05, 0.1) is 18.2 Å². The molecule has 1 amide bonds. The summed E-state index contributed by atoms with van der Waals surface area (Å²) < 4.78 is 84.3. The molecule has 4 nitrogen and oxygen atoms in total. The summed E-state index contributed by atoms with van der Waals surface area (Å²) in [5.74, 6) is -2.19. The number of rotatable bonds is 5. The number of halogens is 6. The van der Waals surface area contributed by atoms with Crippen LogP contribution in [-0.4, -0.2) is 25.0 Å². The molecule has 10 heteroatoms. The van der Waals surface area contributed by atoms with Crippen molar-refractivity contribution in [2.24, 2.45) is 0 Å². The summed E-state index contributed by atoms with van der Waals surface area (Å²) in [4.78, 5) is 25.5. The minimum atomic E-state index is -5.13. The number of nitrogens with one attached hydrogen (secondary N) is 1. The van der Waals surface area contributed by atoms with Crippen LogP contribution in [0.15, 0.2) is 72.8 Å². The minimum Gasteiger partial charge on any atom is -0.467 e. The molecular weight excluding hydrogens is 500 g/mol. The highest BCUT2D eigenvalue weighted by molar-refractivity contribution is 6.03. The van der Waals surface area contributed by atoms with Crippen LogP contribution in [0.4, 0.5) is 26.3 Å². The lowest BCUT2D eigenvalue weighted by atomic mass is 9.92. The molecule has 4 aromatic rings. The summed E-state index contributed by atoms with van der Waals surface area (Å²) in [5, 5.41) is 5.50. The highest BCUT2D eigenvalue weighted by Crippen LogP contribution is 2.36. The van der Waals surface area contributed by atoms with Gasteiger partial charge in [0.2, 0.25) is 0 Å². The molecule has 0 aliphatic rings. The van der Waals surface area contributed by atoms with Crippen molar-refractivity contribution in [2.45, 2.75) is 24.8 Å². The van der Waals surface area contributed by atoms with Crippen molar-refractivity contribution in [3.05, 3.63) is 95.1 Å². The van der Waals surface area contributed by atoms with E-state index in [1.165, 1.54) is 0 Å². The molecule has 0 saturated heterocycles. The summed E-state index contributed by atoms with van der Waals surface area (Å²) in [6, 6.07) is 15.7. The molecule has 0 aromatic heterocycles. The lowest BCUT2D eigenvalue weighted by Crippen LogP contribution is -2.43. The number of fused-ring (bicyclic) bond motifs is 2. The van der Waals surface area contributed by atoms with E-state index in [4.69, 9.17) is 4.74 Å². The minimum absolute atomic E-state index is 0.0726. The second-order valence-corrected chi connectivity index (χ2v) is 8.35. The Morgan fingerprint density at radius 3 is 1.73 bits per heavy atom. The first-order chi connectivity index (χ1) is 17.4. The Bertz CT molecular complexity index is 1410. The molecule has 0 fully saturated rings. The van der Waals surface area contributed by atoms with Crippen molar-refractivity contribution >= 4 is 33.4 Å². The molecule has 4 aromatic carbocycles. The molecule has 0 heterocycles. The number of esters is 1. The largest absolute Gasteiger partial charge is 0.467 e. The Kier molecular flexibility index (Phi) is 6.86. The number of ether oxygens (including phenoxy) is 1. The van der Waals surface area contributed by atoms with Crippen molar-refractivity contribution in [1.82, 2.24) is 5.32 Å². The number of carbonyl (C=O) groups is 2. The Hall–Kier alpha value is -4.08. The zero-order chi connectivity index (χ0) is 27.0. The van der Waals surface area contributed by atoms with E-state index in [9.17, 15) is 35.9 Å². The third-order valence-electron chi connectivity index (χ3n) is 5.93. The van der Waals surface area contributed by atoms with Crippen LogP contribution < -0.4 is 5.32 Å². The van der Waals surface area contributed by atoms with Crippen LogP contribution in [0.3, 0.4) is 0 Å². The van der Waals surface area contributed by atoms with Gasteiger partial charge in [0.25, 0.3) is 5.91 Å². The zero-order valence-electron chi connectivity index (χ0n) is 19.2. The second-order valence-electron chi connectivity index (χ2n) is 8.35. The summed E-state index contributed by atoms with van der Waals surface area (Å²) in [7, 11) is 1.06. The number of amides is 1. The number of alkyl halides is 6. The molecule has 0 saturated carbocycles. The second kappa shape index (κ2) is 9.76. The maximum absolute atomic E-state index is 13.3. The maximum Gasteiger partial charge on any atom is 0.416 e. The molecule has 4 rings (SSSR count). The molecule has 0 spiro atoms. The van der Waals surface area contributed by atoms with Crippen LogP contribution in [0.2, 0.25) is 0 Å². The number of hydrogen-bond acceptors (Lipinski definition) is 3. The van der Waals surface area contributed by atoms with E-state index in [0.717, 1.165) is 28.7 Å². The van der Waals surface area contributed by atoms with Gasteiger partial charge in [-0.2, -0.15) is 26.3 Å². The van der Waals surface area contributed by atoms with Crippen LogP contribution in [0, 0.1) is 0 Å². The molecule has 1 N–H and O–H groups in total. The van der Waals surface area contributed by atoms with Gasteiger partial charge in [-0.15, -0.1) is 0 Å². The highest BCUT2D eigenvalue weighted by atomic mass is 19.4. The predicted molar refractivity (Wildman–Crippen MR) is 125 cm³/mol. The smallest absolute Gasteiger partial charge is 0.416 e. The Labute approximate surface area is 206 Å². The van der Waals surface area contributed by atoms with Gasteiger partial charge >= 0.3 is 18.3 Å². The summed E-state index contributed by atoms with van der Waals surface area (Å²) >= 11 is 0. The van der Waals surface area contributed by atoms with Gasteiger partial charge in [0, 0.05) is 12.0 Å². The number of hydrogen-bond donors (Lipinski definition) is 1. The topological polar surface area (TPSA) is 55.4 Å². The molecular formula is C27H19F6NO3. The van der Waals surface area contributed by atoms with Crippen molar-refractivity contribution in [3.63, 3.8) is 0 Å². The first-order valence-corrected chi connectivity index (χ1v) is 11.0. The fraction of sp³-hybridized carbons (Fsp3) is 0.185. The van der Waals surface area contributed by atoms with Gasteiger partial charge in [0.1, 0.15) is 6.04 Å². The van der Waals surface area contributed by atoms with Crippen LogP contribution in [0.5, 0.6) is 0 Å². The van der Waals surface area contributed by atoms with Crippen LogP contribution in [-0.2, 0) is 28.3 Å². The summed E-state index contributed by atoms with van der Waals surface area (Å²) in [6.07, 6.45) is -10.4. The molecule has 192 valence electrons. The monoisotopic (exact) mass is 519 g/mol. The fourth-order valence-electron chi connectivity index (χ4n) is 4.20. The van der Waals surface area contributed by atoms with E-state index in [-0.39, 0.29) is 12.5 Å². The standard InChI is InChI=1S/C27H19F6NO3/c1-37-25(36)23(14-22-20-8-4-2-6-15(20)10-16-7-3-5-9-21(16)22)34-24(35)17-11-18(26(28,29)30)13-19(12-17)27(31,32)33/h2-13,23H,14H2,1H3,(H,34,35)/t23-/m1/s1. The maximum atomic E-state index is 13.3. The summed E-state index contributed by atoms with van der Waals surface area (Å²) in [5.41, 5.74) is -3.51. The van der Waals surface area contributed by atoms with E-state index < -0.39 is 47.0 Å². The molecule has 1 atom stereocenters. The van der Waals surface area contributed by atoms with Crippen LogP contribution in [0.25, 0.3) is 21.5 Å². The van der Waals surface area contributed by atoms with Crippen LogP contribution >= 0.6 is 0 Å². The average molecular weight is 519 g/mol. The quantitative estimate of drug-likeness (QED) is 0.185. The van der Waals surface area contributed by atoms with E-state index in [2.05, 4.69) is 5.32 Å². The Morgan fingerprint density at radius 1 is 0.784 bits per heavy atom. The molecule has 0 aliphatic heterocycles. The van der Waals surface area contributed by atoms with Crippen molar-refractivity contribution in [2.75, 3.05) is 7.11 Å². The third kappa shape index (κ3) is 5.52. The molecule has 0 radical (unpaired) electrons. The van der Waals surface area contributed by atoms with Crippen molar-refractivity contribution in [1.29, 1.82) is 0 Å². The van der Waals surface area contributed by atoms with E-state index in [1.807, 2.05) is 42.5 Å². The summed E-state index contributed by atoms with van der Waals surface area (Å²) in [6.45, 7) is 0. The van der Waals surface area contributed by atoms with Gasteiger partial charge in [0.15, 0.2) is 0 Å².